The molecule has 0 saturated heterocycles. The van der Waals surface area contributed by atoms with Crippen LogP contribution in [0.3, 0.4) is 0 Å². The molecule has 0 aliphatic rings. The Balaban J connectivity index is 2.13. The predicted molar refractivity (Wildman–Crippen MR) is 80.0 cm³/mol. The highest BCUT2D eigenvalue weighted by molar-refractivity contribution is 6.31. The number of nitrogens with one attached hydrogen (secondary N) is 2. The second-order valence-electron chi connectivity index (χ2n) is 4.63. The molecule has 21 heavy (non-hydrogen) atoms. The average Bonchev–Trinajstić information content (AvgIpc) is 2.88. The molecule has 0 spiro atoms. The number of aromatic amines is 1. The second kappa shape index (κ2) is 6.15. The standard InChI is InChI=1S/C14H16ClN3O3/c1-8(14(20)18(2)21-3)16-13(19)12-7-9-6-10(15)4-5-11(9)17-12/h4-8,17H,1-3H3,(H,16,19)/t8-/m0/s1. The molecule has 1 atom stereocenters. The number of hydrogen-bond donors (Lipinski definition) is 2. The van der Waals surface area contributed by atoms with E-state index in [2.05, 4.69) is 10.3 Å². The molecular weight excluding hydrogens is 294 g/mol. The lowest BCUT2D eigenvalue weighted by Crippen LogP contribution is -2.45. The summed E-state index contributed by atoms with van der Waals surface area (Å²) in [7, 11) is 2.86. The lowest BCUT2D eigenvalue weighted by Gasteiger charge is -2.19. The first-order valence-electron chi connectivity index (χ1n) is 6.33. The van der Waals surface area contributed by atoms with Crippen LogP contribution in [0.4, 0.5) is 0 Å². The van der Waals surface area contributed by atoms with E-state index in [1.807, 2.05) is 0 Å². The van der Waals surface area contributed by atoms with Crippen molar-refractivity contribution in [3.8, 4) is 0 Å². The number of likely N-dealkylation sites (N-methyl/N-ethyl adjacent to an activating group) is 1. The first-order chi connectivity index (χ1) is 9.92. The molecule has 1 aromatic heterocycles. The molecule has 0 radical (unpaired) electrons. The molecule has 6 nitrogen and oxygen atoms in total. The Bertz CT molecular complexity index is 683. The fourth-order valence-corrected chi connectivity index (χ4v) is 2.11. The molecular formula is C14H16ClN3O3. The molecule has 2 amide bonds. The predicted octanol–water partition coefficient (Wildman–Crippen LogP) is 1.96. The monoisotopic (exact) mass is 309 g/mol. The summed E-state index contributed by atoms with van der Waals surface area (Å²) in [6, 6.07) is 6.28. The topological polar surface area (TPSA) is 74.4 Å². The lowest BCUT2D eigenvalue weighted by molar-refractivity contribution is -0.170. The Morgan fingerprint density at radius 1 is 1.38 bits per heavy atom. The van der Waals surface area contributed by atoms with Gasteiger partial charge in [0, 0.05) is 23.0 Å². The number of fused-ring (bicyclic) bond motifs is 1. The van der Waals surface area contributed by atoms with Crippen LogP contribution in [-0.4, -0.2) is 42.1 Å². The number of hydroxylamine groups is 2. The summed E-state index contributed by atoms with van der Waals surface area (Å²) in [6.07, 6.45) is 0. The Morgan fingerprint density at radius 3 is 2.76 bits per heavy atom. The summed E-state index contributed by atoms with van der Waals surface area (Å²) < 4.78 is 0. The summed E-state index contributed by atoms with van der Waals surface area (Å²) >= 11 is 5.91. The molecule has 7 heteroatoms. The molecule has 0 aliphatic heterocycles. The third-order valence-corrected chi connectivity index (χ3v) is 3.36. The van der Waals surface area contributed by atoms with E-state index in [1.165, 1.54) is 14.2 Å². The van der Waals surface area contributed by atoms with Gasteiger partial charge < -0.3 is 10.3 Å². The van der Waals surface area contributed by atoms with Gasteiger partial charge in [-0.25, -0.2) is 5.06 Å². The highest BCUT2D eigenvalue weighted by atomic mass is 35.5. The molecule has 2 rings (SSSR count). The minimum absolute atomic E-state index is 0.343. The molecule has 1 aromatic carbocycles. The number of rotatable bonds is 4. The van der Waals surface area contributed by atoms with Crippen LogP contribution >= 0.6 is 11.6 Å². The van der Waals surface area contributed by atoms with E-state index >= 15 is 0 Å². The van der Waals surface area contributed by atoms with E-state index in [-0.39, 0.29) is 11.8 Å². The summed E-state index contributed by atoms with van der Waals surface area (Å²) in [6.45, 7) is 1.59. The van der Waals surface area contributed by atoms with Gasteiger partial charge in [0.25, 0.3) is 11.8 Å². The van der Waals surface area contributed by atoms with Gasteiger partial charge in [-0.15, -0.1) is 0 Å². The van der Waals surface area contributed by atoms with Crippen molar-refractivity contribution in [3.63, 3.8) is 0 Å². The van der Waals surface area contributed by atoms with E-state index in [0.29, 0.717) is 10.7 Å². The number of halogens is 1. The minimum Gasteiger partial charge on any atom is -0.351 e. The van der Waals surface area contributed by atoms with Gasteiger partial charge in [0.05, 0.1) is 7.11 Å². The molecule has 0 unspecified atom stereocenters. The second-order valence-corrected chi connectivity index (χ2v) is 5.06. The van der Waals surface area contributed by atoms with Crippen molar-refractivity contribution in [1.82, 2.24) is 15.4 Å². The molecule has 0 bridgehead atoms. The maximum atomic E-state index is 12.1. The Hall–Kier alpha value is -2.05. The number of amides is 2. The van der Waals surface area contributed by atoms with E-state index in [4.69, 9.17) is 16.4 Å². The van der Waals surface area contributed by atoms with Gasteiger partial charge in [0.15, 0.2) is 0 Å². The molecule has 0 fully saturated rings. The van der Waals surface area contributed by atoms with Crippen molar-refractivity contribution in [2.45, 2.75) is 13.0 Å². The maximum absolute atomic E-state index is 12.1. The van der Waals surface area contributed by atoms with Gasteiger partial charge in [-0.2, -0.15) is 0 Å². The van der Waals surface area contributed by atoms with Gasteiger partial charge >= 0.3 is 0 Å². The highest BCUT2D eigenvalue weighted by Crippen LogP contribution is 2.20. The van der Waals surface area contributed by atoms with Crippen molar-refractivity contribution in [2.75, 3.05) is 14.2 Å². The van der Waals surface area contributed by atoms with Gasteiger partial charge in [0.2, 0.25) is 0 Å². The quantitative estimate of drug-likeness (QED) is 0.848. The smallest absolute Gasteiger partial charge is 0.268 e. The Morgan fingerprint density at radius 2 is 2.10 bits per heavy atom. The van der Waals surface area contributed by atoms with Gasteiger partial charge in [0.1, 0.15) is 11.7 Å². The molecule has 0 aliphatic carbocycles. The van der Waals surface area contributed by atoms with Crippen molar-refractivity contribution in [2.24, 2.45) is 0 Å². The van der Waals surface area contributed by atoms with Gasteiger partial charge in [-0.05, 0) is 31.2 Å². The molecule has 112 valence electrons. The number of aromatic nitrogens is 1. The fourth-order valence-electron chi connectivity index (χ4n) is 1.92. The number of benzene rings is 1. The molecule has 0 saturated carbocycles. The van der Waals surface area contributed by atoms with Crippen molar-refractivity contribution < 1.29 is 14.4 Å². The number of carbonyl (C=O) groups is 2. The van der Waals surface area contributed by atoms with Crippen LogP contribution < -0.4 is 5.32 Å². The van der Waals surface area contributed by atoms with E-state index in [0.717, 1.165) is 16.0 Å². The lowest BCUT2D eigenvalue weighted by atomic mass is 10.2. The van der Waals surface area contributed by atoms with Crippen LogP contribution in [0.15, 0.2) is 24.3 Å². The minimum atomic E-state index is -0.697. The van der Waals surface area contributed by atoms with Gasteiger partial charge in [-0.3, -0.25) is 14.4 Å². The van der Waals surface area contributed by atoms with E-state index < -0.39 is 6.04 Å². The summed E-state index contributed by atoms with van der Waals surface area (Å²) in [5.74, 6) is -0.710. The summed E-state index contributed by atoms with van der Waals surface area (Å²) in [4.78, 5) is 31.7. The fraction of sp³-hybridized carbons (Fsp3) is 0.286. The Kier molecular flexibility index (Phi) is 4.50. The average molecular weight is 310 g/mol. The van der Waals surface area contributed by atoms with Crippen LogP contribution in [-0.2, 0) is 9.63 Å². The zero-order valence-corrected chi connectivity index (χ0v) is 12.7. The number of nitrogens with zero attached hydrogens (tertiary/aromatic N) is 1. The Labute approximate surface area is 127 Å². The molecule has 1 heterocycles. The third-order valence-electron chi connectivity index (χ3n) is 3.13. The van der Waals surface area contributed by atoms with Crippen LogP contribution in [0, 0.1) is 0 Å². The largest absolute Gasteiger partial charge is 0.351 e. The van der Waals surface area contributed by atoms with Crippen LogP contribution in [0.5, 0.6) is 0 Å². The first kappa shape index (κ1) is 15.3. The zero-order chi connectivity index (χ0) is 15.6. The normalized spacial score (nSPS) is 12.2. The van der Waals surface area contributed by atoms with Gasteiger partial charge in [-0.1, -0.05) is 11.6 Å². The molecule has 2 aromatic rings. The van der Waals surface area contributed by atoms with Crippen molar-refractivity contribution in [3.05, 3.63) is 35.0 Å². The van der Waals surface area contributed by atoms with Crippen molar-refractivity contribution >= 4 is 34.3 Å². The zero-order valence-electron chi connectivity index (χ0n) is 11.9. The number of hydrogen-bond acceptors (Lipinski definition) is 3. The van der Waals surface area contributed by atoms with E-state index in [1.54, 1.807) is 31.2 Å². The maximum Gasteiger partial charge on any atom is 0.268 e. The van der Waals surface area contributed by atoms with Crippen molar-refractivity contribution in [1.29, 1.82) is 0 Å². The summed E-state index contributed by atoms with van der Waals surface area (Å²) in [5.41, 5.74) is 1.17. The van der Waals surface area contributed by atoms with Crippen LogP contribution in [0.1, 0.15) is 17.4 Å². The first-order valence-corrected chi connectivity index (χ1v) is 6.71. The molecule has 2 N–H and O–H groups in total. The SMILES string of the molecule is CON(C)C(=O)[C@H](C)NC(=O)c1cc2cc(Cl)ccc2[nH]1. The van der Waals surface area contributed by atoms with E-state index in [9.17, 15) is 9.59 Å². The third kappa shape index (κ3) is 3.34. The highest BCUT2D eigenvalue weighted by Gasteiger charge is 2.21. The number of carbonyl (C=O) groups excluding carboxylic acids is 2. The van der Waals surface area contributed by atoms with Crippen LogP contribution in [0.25, 0.3) is 10.9 Å². The number of H-pyrrole nitrogens is 1. The van der Waals surface area contributed by atoms with Crippen LogP contribution in [0.2, 0.25) is 5.02 Å². The summed E-state index contributed by atoms with van der Waals surface area (Å²) in [5, 5.41) is 5.11.